The van der Waals surface area contributed by atoms with Gasteiger partial charge in [-0.25, -0.2) is 4.39 Å². The average molecular weight is 291 g/mol. The fraction of sp³-hybridized carbons (Fsp3) is 0.143. The van der Waals surface area contributed by atoms with Crippen LogP contribution in [0.1, 0.15) is 0 Å². The molecule has 2 aromatic rings. The molecule has 0 atom stereocenters. The van der Waals surface area contributed by atoms with Crippen LogP contribution in [0.4, 0.5) is 27.1 Å². The molecule has 0 fully saturated rings. The molecule has 0 unspecified atom stereocenters. The normalized spacial score (nSPS) is 10.0. The number of anilines is 3. The van der Waals surface area contributed by atoms with Gasteiger partial charge in [0, 0.05) is 42.3 Å². The predicted molar refractivity (Wildman–Crippen MR) is 78.9 cm³/mol. The van der Waals surface area contributed by atoms with Crippen LogP contribution in [-0.4, -0.2) is 19.1 Å². The number of nitro benzene ring substituents is 1. The zero-order valence-corrected chi connectivity index (χ0v) is 11.5. The topological polar surface area (TPSA) is 76.4 Å². The highest BCUT2D eigenvalue weighted by Gasteiger charge is 2.10. The molecule has 0 aliphatic carbocycles. The van der Waals surface area contributed by atoms with Crippen LogP contribution in [0.3, 0.4) is 0 Å². The summed E-state index contributed by atoms with van der Waals surface area (Å²) in [5.41, 5.74) is 1.48. The second-order valence-electron chi connectivity index (χ2n) is 4.25. The second kappa shape index (κ2) is 6.08. The van der Waals surface area contributed by atoms with Crippen molar-refractivity contribution < 1.29 is 14.1 Å². The second-order valence-corrected chi connectivity index (χ2v) is 4.25. The Morgan fingerprint density at radius 1 is 1.14 bits per heavy atom. The Morgan fingerprint density at radius 3 is 2.43 bits per heavy atom. The van der Waals surface area contributed by atoms with Crippen molar-refractivity contribution in [1.29, 1.82) is 0 Å². The van der Waals surface area contributed by atoms with E-state index in [0.717, 1.165) is 0 Å². The van der Waals surface area contributed by atoms with E-state index in [4.69, 9.17) is 4.74 Å². The number of nitro groups is 1. The molecule has 7 heteroatoms. The Hall–Kier alpha value is -2.83. The first-order valence-electron chi connectivity index (χ1n) is 6.11. The molecule has 0 bridgehead atoms. The highest BCUT2D eigenvalue weighted by molar-refractivity contribution is 5.69. The van der Waals surface area contributed by atoms with Crippen molar-refractivity contribution in [1.82, 2.24) is 0 Å². The molecule has 0 radical (unpaired) electrons. The smallest absolute Gasteiger partial charge is 0.273 e. The number of halogens is 1. The fourth-order valence-electron chi connectivity index (χ4n) is 1.84. The Balaban J connectivity index is 2.32. The lowest BCUT2D eigenvalue weighted by atomic mass is 10.2. The lowest BCUT2D eigenvalue weighted by Gasteiger charge is -2.10. The summed E-state index contributed by atoms with van der Waals surface area (Å²) >= 11 is 0. The van der Waals surface area contributed by atoms with Gasteiger partial charge in [0.25, 0.3) is 5.69 Å². The Labute approximate surface area is 120 Å². The average Bonchev–Trinajstić information content (AvgIpc) is 2.47. The van der Waals surface area contributed by atoms with Crippen molar-refractivity contribution in [3.63, 3.8) is 0 Å². The third-order valence-electron chi connectivity index (χ3n) is 2.86. The standard InChI is InChI=1S/C14H14FN3O3/c1-16-10-5-11(7-12(6-10)18(19)20)17-9-3-4-14(21-2)13(15)8-9/h3-8,16-17H,1-2H3. The summed E-state index contributed by atoms with van der Waals surface area (Å²) in [5, 5.41) is 16.7. The lowest BCUT2D eigenvalue weighted by molar-refractivity contribution is -0.384. The first-order chi connectivity index (χ1) is 10.0. The molecule has 110 valence electrons. The first-order valence-corrected chi connectivity index (χ1v) is 6.11. The fourth-order valence-corrected chi connectivity index (χ4v) is 1.84. The van der Waals surface area contributed by atoms with Gasteiger partial charge in [-0.1, -0.05) is 0 Å². The summed E-state index contributed by atoms with van der Waals surface area (Å²) < 4.78 is 18.5. The SMILES string of the molecule is CNc1cc(Nc2ccc(OC)c(F)c2)cc([N+](=O)[O-])c1. The van der Waals surface area contributed by atoms with Crippen LogP contribution in [0.2, 0.25) is 0 Å². The number of hydrogen-bond donors (Lipinski definition) is 2. The van der Waals surface area contributed by atoms with Crippen LogP contribution in [-0.2, 0) is 0 Å². The van der Waals surface area contributed by atoms with Gasteiger partial charge in [-0.05, 0) is 18.2 Å². The van der Waals surface area contributed by atoms with Crippen molar-refractivity contribution in [3.8, 4) is 5.75 Å². The third-order valence-corrected chi connectivity index (χ3v) is 2.86. The summed E-state index contributed by atoms with van der Waals surface area (Å²) in [6.07, 6.45) is 0. The molecule has 0 aliphatic rings. The van der Waals surface area contributed by atoms with Crippen LogP contribution in [0.5, 0.6) is 5.75 Å². The van der Waals surface area contributed by atoms with Gasteiger partial charge in [-0.3, -0.25) is 10.1 Å². The van der Waals surface area contributed by atoms with Gasteiger partial charge in [0.2, 0.25) is 0 Å². The molecule has 0 saturated heterocycles. The number of hydrogen-bond acceptors (Lipinski definition) is 5. The number of nitrogens with zero attached hydrogens (tertiary/aromatic N) is 1. The quantitative estimate of drug-likeness (QED) is 0.651. The van der Waals surface area contributed by atoms with Gasteiger partial charge < -0.3 is 15.4 Å². The number of nitrogens with one attached hydrogen (secondary N) is 2. The van der Waals surface area contributed by atoms with Crippen LogP contribution in [0, 0.1) is 15.9 Å². The molecule has 21 heavy (non-hydrogen) atoms. The molecule has 0 heterocycles. The minimum absolute atomic E-state index is 0.0571. The van der Waals surface area contributed by atoms with Crippen LogP contribution in [0.25, 0.3) is 0 Å². The monoisotopic (exact) mass is 291 g/mol. The van der Waals surface area contributed by atoms with E-state index in [9.17, 15) is 14.5 Å². The van der Waals surface area contributed by atoms with Gasteiger partial charge in [0.1, 0.15) is 0 Å². The zero-order chi connectivity index (χ0) is 15.4. The molecule has 6 nitrogen and oxygen atoms in total. The molecule has 0 spiro atoms. The summed E-state index contributed by atoms with van der Waals surface area (Å²) in [7, 11) is 3.04. The summed E-state index contributed by atoms with van der Waals surface area (Å²) in [6, 6.07) is 8.85. The van der Waals surface area contributed by atoms with Crippen LogP contribution >= 0.6 is 0 Å². The molecule has 0 saturated carbocycles. The highest BCUT2D eigenvalue weighted by Crippen LogP contribution is 2.28. The summed E-state index contributed by atoms with van der Waals surface area (Å²) in [5.74, 6) is -0.378. The summed E-state index contributed by atoms with van der Waals surface area (Å²) in [6.45, 7) is 0. The van der Waals surface area contributed by atoms with Gasteiger partial charge in [0.05, 0.1) is 12.0 Å². The van der Waals surface area contributed by atoms with E-state index in [2.05, 4.69) is 10.6 Å². The van der Waals surface area contributed by atoms with Gasteiger partial charge in [0.15, 0.2) is 11.6 Å². The van der Waals surface area contributed by atoms with E-state index in [1.54, 1.807) is 19.2 Å². The molecule has 2 rings (SSSR count). The van der Waals surface area contributed by atoms with Crippen molar-refractivity contribution in [2.24, 2.45) is 0 Å². The van der Waals surface area contributed by atoms with Gasteiger partial charge in [-0.15, -0.1) is 0 Å². The Bertz CT molecular complexity index is 677. The van der Waals surface area contributed by atoms with E-state index in [-0.39, 0.29) is 11.4 Å². The van der Waals surface area contributed by atoms with E-state index >= 15 is 0 Å². The highest BCUT2D eigenvalue weighted by atomic mass is 19.1. The Kier molecular flexibility index (Phi) is 4.22. The molecular formula is C14H14FN3O3. The van der Waals surface area contributed by atoms with Gasteiger partial charge >= 0.3 is 0 Å². The third kappa shape index (κ3) is 3.38. The molecule has 0 aliphatic heterocycles. The number of ether oxygens (including phenoxy) is 1. The number of benzene rings is 2. The van der Waals surface area contributed by atoms with Crippen molar-refractivity contribution >= 4 is 22.7 Å². The molecule has 0 aromatic heterocycles. The van der Waals surface area contributed by atoms with E-state index in [0.29, 0.717) is 17.1 Å². The molecule has 0 amide bonds. The maximum absolute atomic E-state index is 13.6. The van der Waals surface area contributed by atoms with Crippen LogP contribution < -0.4 is 15.4 Å². The summed E-state index contributed by atoms with van der Waals surface area (Å²) in [4.78, 5) is 10.4. The first kappa shape index (κ1) is 14.6. The van der Waals surface area contributed by atoms with E-state index in [1.807, 2.05) is 0 Å². The number of rotatable bonds is 5. The van der Waals surface area contributed by atoms with Crippen molar-refractivity contribution in [3.05, 3.63) is 52.3 Å². The number of non-ortho nitro benzene ring substituents is 1. The predicted octanol–water partition coefficient (Wildman–Crippen LogP) is 3.53. The maximum atomic E-state index is 13.6. The van der Waals surface area contributed by atoms with E-state index in [1.165, 1.54) is 31.4 Å². The minimum Gasteiger partial charge on any atom is -0.494 e. The lowest BCUT2D eigenvalue weighted by Crippen LogP contribution is -1.97. The zero-order valence-electron chi connectivity index (χ0n) is 11.5. The molecular weight excluding hydrogens is 277 g/mol. The largest absolute Gasteiger partial charge is 0.494 e. The minimum atomic E-state index is -0.512. The number of methoxy groups -OCH3 is 1. The Morgan fingerprint density at radius 2 is 1.86 bits per heavy atom. The maximum Gasteiger partial charge on any atom is 0.273 e. The van der Waals surface area contributed by atoms with Crippen molar-refractivity contribution in [2.75, 3.05) is 24.8 Å². The van der Waals surface area contributed by atoms with Crippen molar-refractivity contribution in [2.45, 2.75) is 0 Å². The van der Waals surface area contributed by atoms with Crippen LogP contribution in [0.15, 0.2) is 36.4 Å². The van der Waals surface area contributed by atoms with Gasteiger partial charge in [-0.2, -0.15) is 0 Å². The molecule has 2 N–H and O–H groups in total. The van der Waals surface area contributed by atoms with E-state index < -0.39 is 10.7 Å². The molecule has 2 aromatic carbocycles.